The molecule has 17 atom stereocenters. The van der Waals surface area contributed by atoms with E-state index < -0.39 is 123 Å². The molecule has 4 saturated heterocycles. The Bertz CT molecular complexity index is 2800. The molecule has 14 N–H and O–H groups in total. The first-order valence-electron chi connectivity index (χ1n) is 46.6. The smallest absolute Gasteiger partial charge is 0.407 e. The zero-order chi connectivity index (χ0) is 92.3. The maximum absolute atomic E-state index is 14.2. The number of hydrogen-bond acceptors (Lipinski definition) is 32. The first kappa shape index (κ1) is 120. The molecule has 0 aromatic heterocycles. The molecule has 0 bridgehead atoms. The normalized spacial score (nSPS) is 24.4. The SMILES string of the molecule is C.CO[C@H]1C[C@H](CO)N(C(=O)CCCCC(=O)COCCOCCNC(=O)CCC(=O)CC(CCCOC(=O)CCCCCCCNC(=O)CCCOC2OC(CO)C(O)C(O)C2C)(CCCOC(=O)CCCCCCCNC(=O)CCCOC2OC(CO)C(O)C(O)C2C)CCCOC(=O)NCCCCCCCC(=O)CCCOC2OC(CO)C(O)C(O)C2C)C1.[Y]. The maximum atomic E-state index is 14.2. The minimum Gasteiger partial charge on any atom is -0.466 e. The Kier molecular flexibility index (Phi) is 67.2. The Labute approximate surface area is 782 Å². The molecule has 4 heterocycles. The van der Waals surface area contributed by atoms with Gasteiger partial charge in [0.05, 0.1) is 116 Å². The third kappa shape index (κ3) is 50.1. The second kappa shape index (κ2) is 71.9. The molecule has 1 radical (unpaired) electrons. The summed E-state index contributed by atoms with van der Waals surface area (Å²) in [6, 6.07) is -0.273. The number of aliphatic hydroxyl groups is 10. The largest absolute Gasteiger partial charge is 0.466 e. The molecule has 0 saturated carbocycles. The van der Waals surface area contributed by atoms with Crippen LogP contribution in [0, 0.1) is 23.2 Å². The molecule has 4 aliphatic heterocycles. The third-order valence-corrected chi connectivity index (χ3v) is 23.8. The van der Waals surface area contributed by atoms with Crippen LogP contribution in [0.3, 0.4) is 0 Å². The van der Waals surface area contributed by atoms with Crippen molar-refractivity contribution in [1.82, 2.24) is 26.2 Å². The van der Waals surface area contributed by atoms with Crippen LogP contribution in [0.4, 0.5) is 4.79 Å². The minimum absolute atomic E-state index is 0. The van der Waals surface area contributed by atoms with Gasteiger partial charge < -0.3 is 134 Å². The van der Waals surface area contributed by atoms with Gasteiger partial charge in [-0.25, -0.2) is 4.79 Å². The molecule has 38 heteroatoms. The van der Waals surface area contributed by atoms with Crippen LogP contribution < -0.4 is 21.3 Å². The fourth-order valence-electron chi connectivity index (χ4n) is 15.9. The summed E-state index contributed by atoms with van der Waals surface area (Å²) in [5.41, 5.74) is -0.773. The molecular weight excluding hydrogens is 1750 g/mol. The van der Waals surface area contributed by atoms with Crippen molar-refractivity contribution in [2.45, 2.75) is 358 Å². The van der Waals surface area contributed by atoms with Gasteiger partial charge in [-0.05, 0) is 121 Å². The van der Waals surface area contributed by atoms with E-state index in [1.165, 1.54) is 0 Å². The average Bonchev–Trinajstić information content (AvgIpc) is 1.09. The number of esters is 2. The number of ether oxygens (including phenoxy) is 12. The summed E-state index contributed by atoms with van der Waals surface area (Å²) in [5.74, 6) is -3.32. The number of unbranched alkanes of at least 4 members (excludes halogenated alkanes) is 13. The number of carbonyl (C=O) groups excluding carboxylic acids is 10. The quantitative estimate of drug-likeness (QED) is 0.0220. The Morgan fingerprint density at radius 2 is 0.758 bits per heavy atom. The van der Waals surface area contributed by atoms with Crippen LogP contribution >= 0.6 is 0 Å². The van der Waals surface area contributed by atoms with E-state index in [0.717, 1.165) is 70.6 Å². The Balaban J connectivity index is 0.0000277. The summed E-state index contributed by atoms with van der Waals surface area (Å²) < 4.78 is 67.5. The van der Waals surface area contributed by atoms with E-state index in [1.54, 1.807) is 32.8 Å². The third-order valence-electron chi connectivity index (χ3n) is 23.8. The fourth-order valence-corrected chi connectivity index (χ4v) is 15.9. The zero-order valence-electron chi connectivity index (χ0n) is 76.1. The molecule has 128 heavy (non-hydrogen) atoms. The summed E-state index contributed by atoms with van der Waals surface area (Å²) in [7, 11) is 1.58. The molecule has 741 valence electrons. The molecule has 0 spiro atoms. The van der Waals surface area contributed by atoms with Gasteiger partial charge in [0.1, 0.15) is 54.8 Å². The number of amides is 5. The van der Waals surface area contributed by atoms with Crippen LogP contribution in [0.15, 0.2) is 0 Å². The predicted octanol–water partition coefficient (Wildman–Crippen LogP) is 4.83. The van der Waals surface area contributed by atoms with Crippen molar-refractivity contribution in [2.75, 3.05) is 132 Å². The Hall–Kier alpha value is -4.56. The number of carbonyl (C=O) groups is 10. The molecule has 5 amide bonds. The van der Waals surface area contributed by atoms with Gasteiger partial charge in [0.25, 0.3) is 0 Å². The number of Topliss-reactive ketones (excluding diaryl/α,β-unsaturated/α-hetero) is 3. The number of hydrogen-bond donors (Lipinski definition) is 14. The molecule has 0 aliphatic carbocycles. The number of methoxy groups -OCH3 is 1. The van der Waals surface area contributed by atoms with Crippen molar-refractivity contribution < 1.29 is 189 Å². The average molecular weight is 1910 g/mol. The van der Waals surface area contributed by atoms with Crippen molar-refractivity contribution in [2.24, 2.45) is 23.2 Å². The number of alkyl carbamates (subject to hydrolysis) is 1. The van der Waals surface area contributed by atoms with Crippen LogP contribution in [0.1, 0.15) is 272 Å². The summed E-state index contributed by atoms with van der Waals surface area (Å²) in [6.07, 6.45) is 4.98. The molecule has 0 aromatic carbocycles. The topological polar surface area (TPSA) is 535 Å². The molecule has 37 nitrogen and oxygen atoms in total. The predicted molar refractivity (Wildman–Crippen MR) is 464 cm³/mol. The summed E-state index contributed by atoms with van der Waals surface area (Å²) in [4.78, 5) is 131. The van der Waals surface area contributed by atoms with Crippen molar-refractivity contribution in [3.8, 4) is 0 Å². The molecule has 15 unspecified atom stereocenters. The first-order chi connectivity index (χ1) is 60.7. The summed E-state index contributed by atoms with van der Waals surface area (Å²) in [5, 5.41) is 111. The second-order valence-corrected chi connectivity index (χ2v) is 34.2. The van der Waals surface area contributed by atoms with Gasteiger partial charge in [0, 0.05) is 161 Å². The second-order valence-electron chi connectivity index (χ2n) is 34.2. The van der Waals surface area contributed by atoms with E-state index >= 15 is 0 Å². The molecule has 4 fully saturated rings. The van der Waals surface area contributed by atoms with E-state index in [2.05, 4.69) is 21.3 Å². The van der Waals surface area contributed by atoms with Crippen LogP contribution in [-0.2, 0) is 133 Å². The molecule has 4 aliphatic rings. The number of ketones is 3. The number of rotatable bonds is 74. The number of nitrogens with one attached hydrogen (secondary N) is 4. The summed E-state index contributed by atoms with van der Waals surface area (Å²) in [6.45, 7) is 6.32. The van der Waals surface area contributed by atoms with E-state index in [1.807, 2.05) is 0 Å². The van der Waals surface area contributed by atoms with Crippen LogP contribution in [0.2, 0.25) is 0 Å². The van der Waals surface area contributed by atoms with E-state index in [4.69, 9.17) is 56.8 Å². The van der Waals surface area contributed by atoms with Crippen molar-refractivity contribution in [3.05, 3.63) is 0 Å². The standard InChI is InChI=1S/C89H157N5O32.CH4.Y/c1-62-79(108)82(111)70(58-96)124-85(62)120-45-22-30-66(99)28-14-8-5-13-21-43-93-88(114)123-50-27-40-89(38-25-48-118-77(106)34-15-9-6-11-19-41-90-73(102)31-23-46-121-86-63(2)80(109)83(112)71(59-97)125-86,39-26-49-119-78(107)35-16-10-7-12-20-42-91-74(103)32-24-47-122-87-64(3)81(110)84(113)72(60-98)126-87)55-67(100)36-37-75(104)92-44-51-116-52-53-117-61-68(101)29-17-18-33-76(105)94-56-69(115-4)54-65(94)57-95;;/h62-65,69-72,79-87,95-98,108-113H,5-61H2,1-4H3,(H,90,102)(H,91,103)(H,92,104)(H,93,114);1H4;/t62?,63?,64?,65-,69+,70?,71?,72?,79?,80?,81?,82?,83?,84?,85?,86?,87?,89?;;/m1../s1. The first-order valence-corrected chi connectivity index (χ1v) is 46.6. The minimum atomic E-state index is -1.23. The van der Waals surface area contributed by atoms with E-state index in [9.17, 15) is 99.0 Å². The zero-order valence-corrected chi connectivity index (χ0v) is 78.9. The Morgan fingerprint density at radius 1 is 0.375 bits per heavy atom. The van der Waals surface area contributed by atoms with Gasteiger partial charge in [-0.2, -0.15) is 0 Å². The van der Waals surface area contributed by atoms with Crippen molar-refractivity contribution in [3.63, 3.8) is 0 Å². The molecular formula is C90H161N5O32Y. The van der Waals surface area contributed by atoms with Crippen LogP contribution in [0.5, 0.6) is 0 Å². The summed E-state index contributed by atoms with van der Waals surface area (Å²) >= 11 is 0. The maximum Gasteiger partial charge on any atom is 0.407 e. The van der Waals surface area contributed by atoms with E-state index in [-0.39, 0.29) is 242 Å². The molecule has 4 rings (SSSR count). The fraction of sp³-hybridized carbons (Fsp3) is 0.889. The van der Waals surface area contributed by atoms with Crippen molar-refractivity contribution in [1.29, 1.82) is 0 Å². The van der Waals surface area contributed by atoms with E-state index in [0.29, 0.717) is 142 Å². The number of nitrogens with zero attached hydrogens (tertiary/aromatic N) is 1. The molecule has 0 aromatic rings. The monoisotopic (exact) mass is 1910 g/mol. The number of likely N-dealkylation sites (tertiary alicyclic amines) is 1. The van der Waals surface area contributed by atoms with Gasteiger partial charge in [-0.1, -0.05) is 86.0 Å². The van der Waals surface area contributed by atoms with Crippen LogP contribution in [-0.4, -0.2) is 333 Å². The van der Waals surface area contributed by atoms with Gasteiger partial charge in [0.2, 0.25) is 23.6 Å². The van der Waals surface area contributed by atoms with Gasteiger partial charge in [-0.3, -0.25) is 43.2 Å². The Morgan fingerprint density at radius 3 is 1.22 bits per heavy atom. The van der Waals surface area contributed by atoms with Gasteiger partial charge in [0.15, 0.2) is 24.7 Å². The van der Waals surface area contributed by atoms with Gasteiger partial charge >= 0.3 is 18.0 Å². The number of aliphatic hydroxyl groups excluding tert-OH is 10. The van der Waals surface area contributed by atoms with Gasteiger partial charge in [-0.15, -0.1) is 0 Å². The van der Waals surface area contributed by atoms with Crippen molar-refractivity contribution >= 4 is 59.0 Å². The van der Waals surface area contributed by atoms with Crippen LogP contribution in [0.25, 0.3) is 0 Å².